The molecule has 2 amide bonds. The van der Waals surface area contributed by atoms with Crippen molar-refractivity contribution >= 4 is 23.9 Å². The number of nitrogens with one attached hydrogen (secondary N) is 1. The predicted molar refractivity (Wildman–Crippen MR) is 123 cm³/mol. The summed E-state index contributed by atoms with van der Waals surface area (Å²) in [5, 5.41) is 2.53. The highest BCUT2D eigenvalue weighted by molar-refractivity contribution is 5.94. The van der Waals surface area contributed by atoms with Gasteiger partial charge in [-0.15, -0.1) is 0 Å². The van der Waals surface area contributed by atoms with Crippen LogP contribution in [0.3, 0.4) is 0 Å². The molecule has 7 nitrogen and oxygen atoms in total. The number of amides is 2. The summed E-state index contributed by atoms with van der Waals surface area (Å²) in [4.78, 5) is 37.9. The van der Waals surface area contributed by atoms with Crippen molar-refractivity contribution in [2.75, 3.05) is 20.8 Å². The van der Waals surface area contributed by atoms with E-state index in [0.29, 0.717) is 6.54 Å². The fraction of sp³-hybridized carbons (Fsp3) is 0.320. The molecule has 0 aliphatic rings. The quantitative estimate of drug-likeness (QED) is 0.455. The number of carbonyl (C=O) groups excluding carboxylic acids is 3. The minimum atomic E-state index is -0.886. The SMILES string of the molecule is CCc1ccc(CN(C)C(=O)COC(=O)[C@H](C)NC(=O)/C=C/c2ccc(OC)cc2)cc1. The standard InChI is InChI=1S/C25H30N2O5/c1-5-19-6-8-21(9-7-19)16-27(3)24(29)17-32-25(30)18(2)26-23(28)15-12-20-10-13-22(31-4)14-11-20/h6-15,18H,5,16-17H2,1-4H3,(H,26,28)/b15-12+/t18-/m0/s1. The van der Waals surface area contributed by atoms with Gasteiger partial charge in [0.1, 0.15) is 11.8 Å². The van der Waals surface area contributed by atoms with E-state index in [2.05, 4.69) is 12.2 Å². The van der Waals surface area contributed by atoms with Gasteiger partial charge in [0.05, 0.1) is 7.11 Å². The van der Waals surface area contributed by atoms with Crippen molar-refractivity contribution in [1.29, 1.82) is 0 Å². The summed E-state index contributed by atoms with van der Waals surface area (Å²) in [6, 6.07) is 14.3. The molecule has 2 aromatic carbocycles. The minimum Gasteiger partial charge on any atom is -0.497 e. The van der Waals surface area contributed by atoms with Crippen LogP contribution < -0.4 is 10.1 Å². The number of nitrogens with zero attached hydrogens (tertiary/aromatic N) is 1. The summed E-state index contributed by atoms with van der Waals surface area (Å²) in [6.45, 7) is 3.62. The summed E-state index contributed by atoms with van der Waals surface area (Å²) in [5.74, 6) is -0.720. The van der Waals surface area contributed by atoms with Crippen LogP contribution in [0.5, 0.6) is 5.75 Å². The second-order valence-corrected chi connectivity index (χ2v) is 7.36. The van der Waals surface area contributed by atoms with Crippen molar-refractivity contribution < 1.29 is 23.9 Å². The lowest BCUT2D eigenvalue weighted by Gasteiger charge is -2.18. The van der Waals surface area contributed by atoms with Crippen LogP contribution >= 0.6 is 0 Å². The van der Waals surface area contributed by atoms with Gasteiger partial charge in [-0.25, -0.2) is 4.79 Å². The van der Waals surface area contributed by atoms with E-state index in [4.69, 9.17) is 9.47 Å². The Hall–Kier alpha value is -3.61. The van der Waals surface area contributed by atoms with Crippen molar-refractivity contribution in [2.45, 2.75) is 32.9 Å². The largest absolute Gasteiger partial charge is 0.497 e. The number of ether oxygens (including phenoxy) is 2. The molecular weight excluding hydrogens is 408 g/mol. The van der Waals surface area contributed by atoms with Crippen molar-refractivity contribution in [2.24, 2.45) is 0 Å². The number of carbonyl (C=O) groups is 3. The lowest BCUT2D eigenvalue weighted by molar-refractivity contribution is -0.153. The first-order valence-electron chi connectivity index (χ1n) is 10.4. The summed E-state index contributed by atoms with van der Waals surface area (Å²) in [5.41, 5.74) is 3.04. The molecule has 0 saturated carbocycles. The molecule has 2 aromatic rings. The van der Waals surface area contributed by atoms with Crippen LogP contribution in [0.2, 0.25) is 0 Å². The Morgan fingerprint density at radius 1 is 1.03 bits per heavy atom. The van der Waals surface area contributed by atoms with E-state index in [1.54, 1.807) is 44.5 Å². The summed E-state index contributed by atoms with van der Waals surface area (Å²) < 4.78 is 10.2. The molecule has 0 radical (unpaired) electrons. The maximum absolute atomic E-state index is 12.3. The van der Waals surface area contributed by atoms with Gasteiger partial charge in [-0.05, 0) is 48.2 Å². The zero-order valence-corrected chi connectivity index (χ0v) is 19.0. The summed E-state index contributed by atoms with van der Waals surface area (Å²) >= 11 is 0. The Bertz CT molecular complexity index is 936. The van der Waals surface area contributed by atoms with Crippen molar-refractivity contribution in [3.63, 3.8) is 0 Å². The molecule has 0 saturated heterocycles. The number of hydrogen-bond acceptors (Lipinski definition) is 5. The Morgan fingerprint density at radius 2 is 1.66 bits per heavy atom. The summed E-state index contributed by atoms with van der Waals surface area (Å²) in [6.07, 6.45) is 3.91. The first kappa shape index (κ1) is 24.7. The van der Waals surface area contributed by atoms with E-state index in [1.807, 2.05) is 24.3 Å². The number of hydrogen-bond donors (Lipinski definition) is 1. The highest BCUT2D eigenvalue weighted by Gasteiger charge is 2.18. The van der Waals surface area contributed by atoms with Crippen molar-refractivity contribution in [3.05, 3.63) is 71.3 Å². The first-order valence-corrected chi connectivity index (χ1v) is 10.4. The van der Waals surface area contributed by atoms with Gasteiger partial charge in [0.15, 0.2) is 6.61 Å². The number of rotatable bonds is 10. The van der Waals surface area contributed by atoms with Gasteiger partial charge < -0.3 is 19.7 Å². The molecule has 0 aliphatic heterocycles. The van der Waals surface area contributed by atoms with E-state index >= 15 is 0 Å². The van der Waals surface area contributed by atoms with Gasteiger partial charge >= 0.3 is 5.97 Å². The fourth-order valence-electron chi connectivity index (χ4n) is 2.82. The first-order chi connectivity index (χ1) is 15.3. The Morgan fingerprint density at radius 3 is 2.25 bits per heavy atom. The van der Waals surface area contributed by atoms with E-state index in [9.17, 15) is 14.4 Å². The Labute approximate surface area is 189 Å². The van der Waals surface area contributed by atoms with Crippen molar-refractivity contribution in [3.8, 4) is 5.75 Å². The Balaban J connectivity index is 1.76. The molecule has 2 rings (SSSR count). The molecular formula is C25H30N2O5. The number of aryl methyl sites for hydroxylation is 1. The highest BCUT2D eigenvalue weighted by Crippen LogP contribution is 2.12. The third-order valence-electron chi connectivity index (χ3n) is 4.87. The zero-order valence-electron chi connectivity index (χ0n) is 19.0. The number of methoxy groups -OCH3 is 1. The molecule has 0 fully saturated rings. The second kappa shape index (κ2) is 12.3. The molecule has 0 aliphatic carbocycles. The smallest absolute Gasteiger partial charge is 0.328 e. The molecule has 1 atom stereocenters. The minimum absolute atomic E-state index is 0.323. The number of benzene rings is 2. The van der Waals surface area contributed by atoms with Gasteiger partial charge in [0, 0.05) is 19.7 Å². The topological polar surface area (TPSA) is 84.9 Å². The lowest BCUT2D eigenvalue weighted by Crippen LogP contribution is -2.40. The monoisotopic (exact) mass is 438 g/mol. The van der Waals surface area contributed by atoms with Crippen LogP contribution in [0.25, 0.3) is 6.08 Å². The fourth-order valence-corrected chi connectivity index (χ4v) is 2.82. The Kier molecular flexibility index (Phi) is 9.47. The van der Waals surface area contributed by atoms with Crippen LogP contribution in [0.1, 0.15) is 30.5 Å². The van der Waals surface area contributed by atoms with Crippen LogP contribution in [-0.4, -0.2) is 49.5 Å². The van der Waals surface area contributed by atoms with Gasteiger partial charge in [-0.3, -0.25) is 9.59 Å². The van der Waals surface area contributed by atoms with E-state index in [-0.39, 0.29) is 12.5 Å². The lowest BCUT2D eigenvalue weighted by atomic mass is 10.1. The summed E-state index contributed by atoms with van der Waals surface area (Å²) in [7, 11) is 3.23. The molecule has 0 heterocycles. The molecule has 7 heteroatoms. The predicted octanol–water partition coefficient (Wildman–Crippen LogP) is 2.98. The van der Waals surface area contributed by atoms with Gasteiger partial charge in [0.2, 0.25) is 5.91 Å². The molecule has 32 heavy (non-hydrogen) atoms. The average molecular weight is 439 g/mol. The number of esters is 1. The molecule has 0 spiro atoms. The van der Waals surface area contributed by atoms with E-state index in [0.717, 1.165) is 23.3 Å². The molecule has 0 aromatic heterocycles. The number of likely N-dealkylation sites (N-methyl/N-ethyl adjacent to an activating group) is 1. The maximum Gasteiger partial charge on any atom is 0.328 e. The molecule has 1 N–H and O–H groups in total. The zero-order chi connectivity index (χ0) is 23.5. The van der Waals surface area contributed by atoms with Crippen LogP contribution in [0, 0.1) is 0 Å². The molecule has 0 bridgehead atoms. The molecule has 170 valence electrons. The third-order valence-corrected chi connectivity index (χ3v) is 4.87. The normalized spacial score (nSPS) is 11.6. The van der Waals surface area contributed by atoms with Crippen LogP contribution in [-0.2, 0) is 32.1 Å². The second-order valence-electron chi connectivity index (χ2n) is 7.36. The van der Waals surface area contributed by atoms with Gasteiger partial charge in [0.25, 0.3) is 5.91 Å². The maximum atomic E-state index is 12.3. The van der Waals surface area contributed by atoms with Gasteiger partial charge in [-0.1, -0.05) is 43.3 Å². The van der Waals surface area contributed by atoms with E-state index < -0.39 is 17.9 Å². The van der Waals surface area contributed by atoms with Crippen LogP contribution in [0.15, 0.2) is 54.6 Å². The van der Waals surface area contributed by atoms with Crippen LogP contribution in [0.4, 0.5) is 0 Å². The van der Waals surface area contributed by atoms with Gasteiger partial charge in [-0.2, -0.15) is 0 Å². The third kappa shape index (κ3) is 7.91. The van der Waals surface area contributed by atoms with Crippen molar-refractivity contribution in [1.82, 2.24) is 10.2 Å². The highest BCUT2D eigenvalue weighted by atomic mass is 16.5. The average Bonchev–Trinajstić information content (AvgIpc) is 2.81. The molecule has 0 unspecified atom stereocenters. The van der Waals surface area contributed by atoms with E-state index in [1.165, 1.54) is 23.5 Å².